The molecule has 1 aromatic heterocycles. The Bertz CT molecular complexity index is 1110. The number of carbonyl (C=O) groups is 3. The molecule has 10 nitrogen and oxygen atoms in total. The SMILES string of the molecule is COc1ccc(N2CCOCC2)c2sc(C(=O)NC3CCN(C(=O)OC(C)(C)C)CCC3=O)nc12. The number of hydrogen-bond acceptors (Lipinski definition) is 9. The number of morpholine rings is 1. The number of carbonyl (C=O) groups excluding carboxylic acids is 3. The number of Topliss-reactive ketones (excluding diaryl/α,β-unsaturated/α-hetero) is 1. The zero-order valence-corrected chi connectivity index (χ0v) is 21.4. The predicted molar refractivity (Wildman–Crippen MR) is 133 cm³/mol. The molecule has 1 N–H and O–H groups in total. The van der Waals surface area contributed by atoms with E-state index in [0.717, 1.165) is 23.5 Å². The van der Waals surface area contributed by atoms with Gasteiger partial charge in [0.25, 0.3) is 5.91 Å². The molecule has 3 heterocycles. The minimum Gasteiger partial charge on any atom is -0.494 e. The summed E-state index contributed by atoms with van der Waals surface area (Å²) in [6.07, 6.45) is 0.0157. The number of amides is 2. The second-order valence-electron chi connectivity index (χ2n) is 9.58. The Hall–Kier alpha value is -2.92. The molecule has 0 saturated carbocycles. The second kappa shape index (κ2) is 10.4. The van der Waals surface area contributed by atoms with Crippen molar-refractivity contribution in [3.8, 4) is 5.75 Å². The molecule has 0 radical (unpaired) electrons. The van der Waals surface area contributed by atoms with Crippen LogP contribution in [-0.2, 0) is 14.3 Å². The number of aromatic nitrogens is 1. The van der Waals surface area contributed by atoms with Crippen LogP contribution in [0.2, 0.25) is 0 Å². The molecule has 1 aromatic carbocycles. The molecule has 2 fully saturated rings. The van der Waals surface area contributed by atoms with Gasteiger partial charge in [-0.1, -0.05) is 0 Å². The zero-order chi connectivity index (χ0) is 25.2. The average molecular weight is 505 g/mol. The van der Waals surface area contributed by atoms with E-state index in [1.165, 1.54) is 16.2 Å². The topological polar surface area (TPSA) is 110 Å². The summed E-state index contributed by atoms with van der Waals surface area (Å²) in [7, 11) is 1.57. The summed E-state index contributed by atoms with van der Waals surface area (Å²) in [4.78, 5) is 46.6. The van der Waals surface area contributed by atoms with Crippen molar-refractivity contribution in [2.24, 2.45) is 0 Å². The first-order chi connectivity index (χ1) is 16.7. The Balaban J connectivity index is 1.50. The highest BCUT2D eigenvalue weighted by molar-refractivity contribution is 7.21. The van der Waals surface area contributed by atoms with Crippen LogP contribution in [0.5, 0.6) is 5.75 Å². The lowest BCUT2D eigenvalue weighted by molar-refractivity contribution is -0.120. The second-order valence-corrected chi connectivity index (χ2v) is 10.6. The van der Waals surface area contributed by atoms with Crippen LogP contribution in [0.4, 0.5) is 10.5 Å². The number of benzene rings is 1. The van der Waals surface area contributed by atoms with E-state index in [1.807, 2.05) is 12.1 Å². The fourth-order valence-corrected chi connectivity index (χ4v) is 5.17. The summed E-state index contributed by atoms with van der Waals surface area (Å²) < 4.78 is 17.2. The van der Waals surface area contributed by atoms with Crippen LogP contribution in [0.1, 0.15) is 43.4 Å². The van der Waals surface area contributed by atoms with Crippen molar-refractivity contribution in [1.29, 1.82) is 0 Å². The summed E-state index contributed by atoms with van der Waals surface area (Å²) >= 11 is 1.28. The molecule has 4 rings (SSSR count). The van der Waals surface area contributed by atoms with Gasteiger partial charge in [-0.05, 0) is 39.3 Å². The first kappa shape index (κ1) is 25.2. The molecule has 2 saturated heterocycles. The van der Waals surface area contributed by atoms with Crippen LogP contribution < -0.4 is 15.0 Å². The molecule has 190 valence electrons. The third kappa shape index (κ3) is 5.84. The number of rotatable bonds is 4. The fraction of sp³-hybridized carbons (Fsp3) is 0.583. The summed E-state index contributed by atoms with van der Waals surface area (Å²) in [5, 5.41) is 3.10. The van der Waals surface area contributed by atoms with Gasteiger partial charge in [-0.3, -0.25) is 9.59 Å². The fourth-order valence-electron chi connectivity index (χ4n) is 4.14. The molecule has 11 heteroatoms. The number of thiazole rings is 1. The van der Waals surface area contributed by atoms with Crippen LogP contribution in [0, 0.1) is 0 Å². The van der Waals surface area contributed by atoms with Gasteiger partial charge < -0.3 is 29.3 Å². The third-order valence-corrected chi connectivity index (χ3v) is 6.99. The Morgan fingerprint density at radius 2 is 1.91 bits per heavy atom. The van der Waals surface area contributed by atoms with Gasteiger partial charge >= 0.3 is 6.09 Å². The van der Waals surface area contributed by atoms with E-state index in [4.69, 9.17) is 14.2 Å². The lowest BCUT2D eigenvalue weighted by Gasteiger charge is -2.29. The normalized spacial score (nSPS) is 19.4. The van der Waals surface area contributed by atoms with Crippen LogP contribution in [0.25, 0.3) is 10.2 Å². The summed E-state index contributed by atoms with van der Waals surface area (Å²) in [5.41, 5.74) is 0.990. The molecule has 2 aliphatic heterocycles. The zero-order valence-electron chi connectivity index (χ0n) is 20.6. The quantitative estimate of drug-likeness (QED) is 0.677. The molecule has 35 heavy (non-hydrogen) atoms. The Labute approximate surface area is 208 Å². The average Bonchev–Trinajstić information content (AvgIpc) is 3.19. The third-order valence-electron chi connectivity index (χ3n) is 5.91. The summed E-state index contributed by atoms with van der Waals surface area (Å²) in [6.45, 7) is 8.78. The molecule has 0 bridgehead atoms. The van der Waals surface area contributed by atoms with Crippen molar-refractivity contribution in [3.05, 3.63) is 17.1 Å². The molecule has 2 amide bonds. The number of nitrogens with zero attached hydrogens (tertiary/aromatic N) is 3. The van der Waals surface area contributed by atoms with Crippen molar-refractivity contribution in [2.75, 3.05) is 51.4 Å². The van der Waals surface area contributed by atoms with Crippen LogP contribution in [0.3, 0.4) is 0 Å². The first-order valence-electron chi connectivity index (χ1n) is 11.8. The molecule has 0 spiro atoms. The molecule has 1 atom stereocenters. The van der Waals surface area contributed by atoms with Gasteiger partial charge in [-0.2, -0.15) is 0 Å². The lowest BCUT2D eigenvalue weighted by Crippen LogP contribution is -2.41. The maximum absolute atomic E-state index is 13.1. The molecule has 2 aliphatic rings. The smallest absolute Gasteiger partial charge is 0.410 e. The maximum atomic E-state index is 13.1. The van der Waals surface area contributed by atoms with Gasteiger partial charge in [0.1, 0.15) is 16.9 Å². The van der Waals surface area contributed by atoms with E-state index in [0.29, 0.717) is 37.4 Å². The van der Waals surface area contributed by atoms with E-state index in [2.05, 4.69) is 15.2 Å². The van der Waals surface area contributed by atoms with Gasteiger partial charge in [0.05, 0.1) is 36.8 Å². The number of ether oxygens (including phenoxy) is 3. The highest BCUT2D eigenvalue weighted by Gasteiger charge is 2.31. The lowest BCUT2D eigenvalue weighted by atomic mass is 10.1. The Morgan fingerprint density at radius 3 is 2.60 bits per heavy atom. The van der Waals surface area contributed by atoms with Gasteiger partial charge in [0, 0.05) is 32.6 Å². The molecule has 0 aliphatic carbocycles. The summed E-state index contributed by atoms with van der Waals surface area (Å²) in [5.74, 6) is 0.0632. The number of nitrogens with one attached hydrogen (secondary N) is 1. The van der Waals surface area contributed by atoms with Crippen LogP contribution in [-0.4, -0.2) is 85.8 Å². The van der Waals surface area contributed by atoms with Crippen LogP contribution in [0.15, 0.2) is 12.1 Å². The van der Waals surface area contributed by atoms with Gasteiger partial charge in [-0.25, -0.2) is 9.78 Å². The number of ketones is 1. The molecule has 1 unspecified atom stereocenters. The van der Waals surface area contributed by atoms with Crippen molar-refractivity contribution in [3.63, 3.8) is 0 Å². The standard InChI is InChI=1S/C24H32N4O6S/c1-24(2,3)34-23(31)28-9-7-15(17(29)8-10-28)25-21(30)22-26-19-18(32-4)6-5-16(20(19)35-22)27-11-13-33-14-12-27/h5-6,15H,7-14H2,1-4H3,(H,25,30). The van der Waals surface area contributed by atoms with Crippen molar-refractivity contribution in [1.82, 2.24) is 15.2 Å². The van der Waals surface area contributed by atoms with Gasteiger partial charge in [0.15, 0.2) is 10.8 Å². The van der Waals surface area contributed by atoms with E-state index < -0.39 is 23.6 Å². The highest BCUT2D eigenvalue weighted by Crippen LogP contribution is 2.38. The number of anilines is 1. The molecule has 2 aromatic rings. The largest absolute Gasteiger partial charge is 0.494 e. The monoisotopic (exact) mass is 504 g/mol. The molecular weight excluding hydrogens is 472 g/mol. The number of hydrogen-bond donors (Lipinski definition) is 1. The van der Waals surface area contributed by atoms with Crippen molar-refractivity contribution in [2.45, 2.75) is 45.3 Å². The predicted octanol–water partition coefficient (Wildman–Crippen LogP) is 2.84. The number of methoxy groups -OCH3 is 1. The minimum atomic E-state index is -0.692. The first-order valence-corrected chi connectivity index (χ1v) is 12.6. The van der Waals surface area contributed by atoms with Gasteiger partial charge in [0.2, 0.25) is 0 Å². The van der Waals surface area contributed by atoms with E-state index >= 15 is 0 Å². The summed E-state index contributed by atoms with van der Waals surface area (Å²) in [6, 6.07) is 3.14. The van der Waals surface area contributed by atoms with E-state index in [-0.39, 0.29) is 23.8 Å². The Kier molecular flexibility index (Phi) is 7.46. The Morgan fingerprint density at radius 1 is 1.17 bits per heavy atom. The van der Waals surface area contributed by atoms with Gasteiger partial charge in [-0.15, -0.1) is 11.3 Å². The van der Waals surface area contributed by atoms with Crippen LogP contribution >= 0.6 is 11.3 Å². The number of fused-ring (bicyclic) bond motifs is 1. The van der Waals surface area contributed by atoms with E-state index in [9.17, 15) is 14.4 Å². The number of likely N-dealkylation sites (tertiary alicyclic amines) is 1. The van der Waals surface area contributed by atoms with E-state index in [1.54, 1.807) is 27.9 Å². The van der Waals surface area contributed by atoms with Crippen molar-refractivity contribution >= 4 is 45.0 Å². The maximum Gasteiger partial charge on any atom is 0.410 e. The van der Waals surface area contributed by atoms with Crippen molar-refractivity contribution < 1.29 is 28.6 Å². The molecular formula is C24H32N4O6S. The minimum absolute atomic E-state index is 0.114. The highest BCUT2D eigenvalue weighted by atomic mass is 32.1.